The number of rotatable bonds is 4. The van der Waals surface area contributed by atoms with Gasteiger partial charge in [-0.3, -0.25) is 4.79 Å². The van der Waals surface area contributed by atoms with Crippen molar-refractivity contribution in [2.75, 3.05) is 5.32 Å². The van der Waals surface area contributed by atoms with Gasteiger partial charge >= 0.3 is 0 Å². The highest BCUT2D eigenvalue weighted by Crippen LogP contribution is 2.40. The van der Waals surface area contributed by atoms with Gasteiger partial charge in [0.15, 0.2) is 4.34 Å². The normalized spacial score (nSPS) is 10.2. The van der Waals surface area contributed by atoms with Crippen LogP contribution in [0.25, 0.3) is 0 Å². The summed E-state index contributed by atoms with van der Waals surface area (Å²) in [5, 5.41) is 3.50. The van der Waals surface area contributed by atoms with E-state index in [0.29, 0.717) is 0 Å². The number of hydrogen-bond acceptors (Lipinski definition) is 5. The molecule has 1 N–H and O–H groups in total. The average molecular weight is 282 g/mol. The van der Waals surface area contributed by atoms with Crippen LogP contribution in [0.1, 0.15) is 6.92 Å². The molecule has 1 heterocycles. The molecule has 88 valence electrons. The monoisotopic (exact) mass is 282 g/mol. The van der Waals surface area contributed by atoms with Gasteiger partial charge in [-0.25, -0.2) is 4.98 Å². The molecule has 0 bridgehead atoms. The molecule has 0 aliphatic rings. The highest BCUT2D eigenvalue weighted by Gasteiger charge is 2.04. The highest BCUT2D eigenvalue weighted by molar-refractivity contribution is 8.77. The average Bonchev–Trinajstić information content (AvgIpc) is 2.75. The molecule has 2 rings (SSSR count). The number of carbonyl (C=O) groups is 1. The summed E-state index contributed by atoms with van der Waals surface area (Å²) in [7, 11) is 3.25. The van der Waals surface area contributed by atoms with Crippen LogP contribution in [0.5, 0.6) is 0 Å². The van der Waals surface area contributed by atoms with Gasteiger partial charge in [0, 0.05) is 11.8 Å². The van der Waals surface area contributed by atoms with Gasteiger partial charge in [0.05, 0.1) is 6.20 Å². The maximum atomic E-state index is 10.9. The van der Waals surface area contributed by atoms with Crippen LogP contribution in [0, 0.1) is 0 Å². The second kappa shape index (κ2) is 6.09. The van der Waals surface area contributed by atoms with Crippen molar-refractivity contribution >= 4 is 43.8 Å². The topological polar surface area (TPSA) is 42.0 Å². The van der Waals surface area contributed by atoms with Crippen molar-refractivity contribution in [2.24, 2.45) is 0 Å². The number of hydrogen-bond donors (Lipinski definition) is 1. The largest absolute Gasteiger partial charge is 0.317 e. The third-order valence-corrected chi connectivity index (χ3v) is 5.36. The van der Waals surface area contributed by atoms with Gasteiger partial charge in [-0.1, -0.05) is 40.3 Å². The molecule has 0 saturated carbocycles. The molecule has 1 aromatic carbocycles. The Morgan fingerprint density at radius 1 is 1.29 bits per heavy atom. The Morgan fingerprint density at radius 3 is 2.76 bits per heavy atom. The van der Waals surface area contributed by atoms with Crippen molar-refractivity contribution in [1.29, 1.82) is 0 Å². The minimum atomic E-state index is -0.0686. The summed E-state index contributed by atoms with van der Waals surface area (Å²) in [4.78, 5) is 16.3. The lowest BCUT2D eigenvalue weighted by Crippen LogP contribution is -2.03. The Hall–Kier alpha value is -0.980. The lowest BCUT2D eigenvalue weighted by molar-refractivity contribution is -0.114. The zero-order valence-electron chi connectivity index (χ0n) is 9.04. The Bertz CT molecular complexity index is 498. The fraction of sp³-hybridized carbons (Fsp3) is 0.0909. The molecule has 17 heavy (non-hydrogen) atoms. The van der Waals surface area contributed by atoms with E-state index in [4.69, 9.17) is 0 Å². The number of benzene rings is 1. The molecule has 0 saturated heterocycles. The molecule has 0 radical (unpaired) electrons. The molecule has 0 atom stereocenters. The Kier molecular flexibility index (Phi) is 4.47. The maximum Gasteiger partial charge on any atom is 0.221 e. The number of nitrogens with zero attached hydrogens (tertiary/aromatic N) is 1. The van der Waals surface area contributed by atoms with E-state index in [0.717, 1.165) is 9.34 Å². The fourth-order valence-electron chi connectivity index (χ4n) is 1.09. The van der Waals surface area contributed by atoms with Crippen molar-refractivity contribution in [3.8, 4) is 0 Å². The van der Waals surface area contributed by atoms with E-state index in [1.54, 1.807) is 27.8 Å². The first-order valence-electron chi connectivity index (χ1n) is 4.87. The third-order valence-electron chi connectivity index (χ3n) is 1.74. The van der Waals surface area contributed by atoms with Crippen LogP contribution < -0.4 is 5.32 Å². The molecule has 1 aromatic heterocycles. The molecule has 2 aromatic rings. The van der Waals surface area contributed by atoms with Crippen LogP contribution in [0.15, 0.2) is 45.8 Å². The summed E-state index contributed by atoms with van der Waals surface area (Å²) < 4.78 is 0.933. The van der Waals surface area contributed by atoms with Gasteiger partial charge in [-0.15, -0.1) is 0 Å². The van der Waals surface area contributed by atoms with E-state index in [-0.39, 0.29) is 5.91 Å². The fourth-order valence-corrected chi connectivity index (χ4v) is 4.20. The van der Waals surface area contributed by atoms with E-state index in [1.807, 2.05) is 18.2 Å². The number of thiazole rings is 1. The Balaban J connectivity index is 1.91. The van der Waals surface area contributed by atoms with E-state index >= 15 is 0 Å². The maximum absolute atomic E-state index is 10.9. The number of aromatic nitrogens is 1. The first-order valence-corrected chi connectivity index (χ1v) is 7.83. The predicted molar refractivity (Wildman–Crippen MR) is 74.6 cm³/mol. The van der Waals surface area contributed by atoms with E-state index < -0.39 is 0 Å². The van der Waals surface area contributed by atoms with Gasteiger partial charge in [0.2, 0.25) is 5.91 Å². The zero-order chi connectivity index (χ0) is 12.1. The molecule has 0 fully saturated rings. The summed E-state index contributed by atoms with van der Waals surface area (Å²) in [6.45, 7) is 1.49. The van der Waals surface area contributed by atoms with E-state index in [9.17, 15) is 4.79 Å². The van der Waals surface area contributed by atoms with Crippen molar-refractivity contribution in [2.45, 2.75) is 16.2 Å². The van der Waals surface area contributed by atoms with Crippen molar-refractivity contribution in [3.05, 3.63) is 36.5 Å². The second-order valence-electron chi connectivity index (χ2n) is 3.15. The zero-order valence-corrected chi connectivity index (χ0v) is 11.5. The third kappa shape index (κ3) is 4.07. The summed E-state index contributed by atoms with van der Waals surface area (Å²) in [6.07, 6.45) is 1.68. The quantitative estimate of drug-likeness (QED) is 0.864. The standard InChI is InChI=1S/C11H10N2OS3/c1-8(14)13-10-7-12-11(15-10)17-16-9-5-3-2-4-6-9/h2-7H,1H3,(H,13,14). The Morgan fingerprint density at radius 2 is 2.06 bits per heavy atom. The minimum Gasteiger partial charge on any atom is -0.317 e. The molecule has 6 heteroatoms. The summed E-state index contributed by atoms with van der Waals surface area (Å²) in [5.41, 5.74) is 0. The lowest BCUT2D eigenvalue weighted by Gasteiger charge is -1.96. The predicted octanol–water partition coefficient (Wildman–Crippen LogP) is 3.90. The molecule has 1 amide bonds. The molecule has 0 aliphatic heterocycles. The molecular weight excluding hydrogens is 272 g/mol. The van der Waals surface area contributed by atoms with Crippen molar-refractivity contribution in [3.63, 3.8) is 0 Å². The van der Waals surface area contributed by atoms with Crippen LogP contribution in [-0.2, 0) is 4.79 Å². The highest BCUT2D eigenvalue weighted by atomic mass is 33.1. The van der Waals surface area contributed by atoms with Crippen LogP contribution >= 0.6 is 32.9 Å². The van der Waals surface area contributed by atoms with Crippen molar-refractivity contribution < 1.29 is 4.79 Å². The summed E-state index contributed by atoms with van der Waals surface area (Å²) in [5.74, 6) is -0.0686. The van der Waals surface area contributed by atoms with Crippen LogP contribution in [0.2, 0.25) is 0 Å². The van der Waals surface area contributed by atoms with Crippen LogP contribution in [-0.4, -0.2) is 10.9 Å². The first kappa shape index (κ1) is 12.5. The molecule has 0 aliphatic carbocycles. The van der Waals surface area contributed by atoms with Crippen LogP contribution in [0.3, 0.4) is 0 Å². The first-order chi connectivity index (χ1) is 8.24. The summed E-state index contributed by atoms with van der Waals surface area (Å²) in [6, 6.07) is 10.1. The SMILES string of the molecule is CC(=O)Nc1cnc(SSc2ccccc2)s1. The number of amides is 1. The van der Waals surface area contributed by atoms with Gasteiger partial charge in [0.1, 0.15) is 5.00 Å². The minimum absolute atomic E-state index is 0.0686. The molecule has 3 nitrogen and oxygen atoms in total. The van der Waals surface area contributed by atoms with Gasteiger partial charge in [-0.05, 0) is 22.9 Å². The molecule has 0 unspecified atom stereocenters. The Labute approximate surface area is 111 Å². The van der Waals surface area contributed by atoms with Crippen molar-refractivity contribution in [1.82, 2.24) is 4.98 Å². The van der Waals surface area contributed by atoms with Gasteiger partial charge in [-0.2, -0.15) is 0 Å². The van der Waals surface area contributed by atoms with E-state index in [1.165, 1.54) is 23.2 Å². The number of nitrogens with one attached hydrogen (secondary N) is 1. The van der Waals surface area contributed by atoms with Gasteiger partial charge in [0.25, 0.3) is 0 Å². The smallest absolute Gasteiger partial charge is 0.221 e. The number of carbonyl (C=O) groups excluding carboxylic acids is 1. The molecular formula is C11H10N2OS3. The van der Waals surface area contributed by atoms with Crippen LogP contribution in [0.4, 0.5) is 5.00 Å². The number of anilines is 1. The van der Waals surface area contributed by atoms with Gasteiger partial charge < -0.3 is 5.32 Å². The second-order valence-corrected chi connectivity index (χ2v) is 6.63. The summed E-state index contributed by atoms with van der Waals surface area (Å²) >= 11 is 1.48. The van der Waals surface area contributed by atoms with E-state index in [2.05, 4.69) is 22.4 Å². The lowest BCUT2D eigenvalue weighted by atomic mass is 10.4. The molecule has 0 spiro atoms.